The zero-order valence-corrected chi connectivity index (χ0v) is 21.9. The van der Waals surface area contributed by atoms with Crippen molar-refractivity contribution in [3.63, 3.8) is 0 Å². The van der Waals surface area contributed by atoms with Crippen LogP contribution in [0.3, 0.4) is 0 Å². The van der Waals surface area contributed by atoms with Crippen molar-refractivity contribution in [2.45, 2.75) is 44.5 Å². The number of carbonyl (C=O) groups is 1. The minimum absolute atomic E-state index is 0.0351. The first-order valence-corrected chi connectivity index (χ1v) is 13.2. The van der Waals surface area contributed by atoms with E-state index in [1.165, 1.54) is 22.6 Å². The van der Waals surface area contributed by atoms with Crippen LogP contribution in [0.25, 0.3) is 11.3 Å². The number of allylic oxidation sites excluding steroid dienone is 4. The Bertz CT molecular complexity index is 1440. The van der Waals surface area contributed by atoms with E-state index in [0.29, 0.717) is 25.0 Å². The summed E-state index contributed by atoms with van der Waals surface area (Å²) in [6.45, 7) is 5.63. The second-order valence-electron chi connectivity index (χ2n) is 9.56. The van der Waals surface area contributed by atoms with Gasteiger partial charge >= 0.3 is 6.09 Å². The van der Waals surface area contributed by atoms with Crippen molar-refractivity contribution < 1.29 is 27.8 Å². The number of piperidine rings is 1. The van der Waals surface area contributed by atoms with E-state index in [0.717, 1.165) is 0 Å². The topological polar surface area (TPSA) is 136 Å². The lowest BCUT2D eigenvalue weighted by atomic mass is 10.1. The normalized spacial score (nSPS) is 17.5. The minimum atomic E-state index is -4.04. The SMILES string of the molecule is COc1cccc(O)c1-n1c(NS(=O)(=O)[C@H]2CCCN(C(=O)OC(C)(C)C)C2)nnc1C1=C=C=CC=C1. The quantitative estimate of drug-likeness (QED) is 0.546. The standard InChI is InChI=1S/C25H29N5O6S/c1-25(2,3)36-24(32)29-15-9-12-18(16-29)37(33,34)28-23-27-26-22(17-10-6-5-7-11-17)30(23)21-19(31)13-8-14-20(21)35-4/h5-6,8,10,13-14,18,31H,9,12,15-16H2,1-4H3,(H,27,28)/t18-/m0/s1. The van der Waals surface area contributed by atoms with E-state index in [1.807, 2.05) is 0 Å². The van der Waals surface area contributed by atoms with Gasteiger partial charge in [-0.15, -0.1) is 10.2 Å². The van der Waals surface area contributed by atoms with E-state index in [9.17, 15) is 18.3 Å². The number of hydrogen-bond acceptors (Lipinski definition) is 8. The second kappa shape index (κ2) is 10.2. The van der Waals surface area contributed by atoms with Gasteiger partial charge in [0.2, 0.25) is 16.0 Å². The van der Waals surface area contributed by atoms with Gasteiger partial charge in [0.1, 0.15) is 22.8 Å². The molecular formula is C25H29N5O6S. The first-order valence-electron chi connectivity index (χ1n) is 11.7. The Balaban J connectivity index is 1.71. The predicted molar refractivity (Wildman–Crippen MR) is 137 cm³/mol. The van der Waals surface area contributed by atoms with Gasteiger partial charge in [-0.25, -0.2) is 13.2 Å². The molecule has 2 heterocycles. The lowest BCUT2D eigenvalue weighted by Crippen LogP contribution is -2.48. The van der Waals surface area contributed by atoms with Crippen LogP contribution in [-0.2, 0) is 14.8 Å². The Hall–Kier alpha value is -3.98. The summed E-state index contributed by atoms with van der Waals surface area (Å²) in [7, 11) is -2.61. The number of ether oxygens (including phenoxy) is 2. The van der Waals surface area contributed by atoms with Crippen LogP contribution in [0.4, 0.5) is 10.7 Å². The number of rotatable bonds is 6. The smallest absolute Gasteiger partial charge is 0.410 e. The largest absolute Gasteiger partial charge is 0.506 e. The van der Waals surface area contributed by atoms with E-state index in [4.69, 9.17) is 9.47 Å². The minimum Gasteiger partial charge on any atom is -0.506 e. The highest BCUT2D eigenvalue weighted by Gasteiger charge is 2.36. The molecule has 11 nitrogen and oxygen atoms in total. The van der Waals surface area contributed by atoms with E-state index < -0.39 is 27.0 Å². The zero-order valence-electron chi connectivity index (χ0n) is 21.1. The van der Waals surface area contributed by atoms with E-state index in [1.54, 1.807) is 51.1 Å². The molecule has 12 heteroatoms. The van der Waals surface area contributed by atoms with Crippen molar-refractivity contribution in [3.05, 3.63) is 53.7 Å². The number of phenolic OH excluding ortho intramolecular Hbond substituents is 1. The molecule has 0 bridgehead atoms. The average Bonchev–Trinajstić information content (AvgIpc) is 3.25. The Morgan fingerprint density at radius 2 is 2.05 bits per heavy atom. The third kappa shape index (κ3) is 5.72. The van der Waals surface area contributed by atoms with Crippen LogP contribution < -0.4 is 9.46 Å². The van der Waals surface area contributed by atoms with Crippen molar-refractivity contribution in [2.24, 2.45) is 0 Å². The van der Waals surface area contributed by atoms with Gasteiger partial charge in [0.25, 0.3) is 0 Å². The molecule has 0 unspecified atom stereocenters. The molecule has 2 N–H and O–H groups in total. The van der Waals surface area contributed by atoms with Crippen LogP contribution in [0, 0.1) is 0 Å². The molecule has 1 aromatic heterocycles. The molecule has 0 saturated carbocycles. The van der Waals surface area contributed by atoms with Crippen LogP contribution in [0.5, 0.6) is 11.5 Å². The summed E-state index contributed by atoms with van der Waals surface area (Å²) in [5.74, 6) is 0.166. The molecule has 0 radical (unpaired) electrons. The number of para-hydroxylation sites is 1. The van der Waals surface area contributed by atoms with Crippen molar-refractivity contribution in [1.29, 1.82) is 0 Å². The molecule has 4 rings (SSSR count). The molecule has 1 atom stereocenters. The van der Waals surface area contributed by atoms with E-state index in [2.05, 4.69) is 26.4 Å². The van der Waals surface area contributed by atoms with Crippen molar-refractivity contribution in [1.82, 2.24) is 19.7 Å². The van der Waals surface area contributed by atoms with Crippen LogP contribution in [0.1, 0.15) is 39.4 Å². The fraction of sp³-hybridized carbons (Fsp3) is 0.400. The number of nitrogens with zero attached hydrogens (tertiary/aromatic N) is 4. The van der Waals surface area contributed by atoms with Gasteiger partial charge in [-0.05, 0) is 57.9 Å². The van der Waals surface area contributed by atoms with Crippen LogP contribution in [0.2, 0.25) is 0 Å². The third-order valence-corrected chi connectivity index (χ3v) is 7.41. The Kier molecular flexibility index (Phi) is 7.18. The number of nitrogens with one attached hydrogen (secondary N) is 1. The molecule has 1 amide bonds. The summed E-state index contributed by atoms with van der Waals surface area (Å²) in [4.78, 5) is 14.0. The van der Waals surface area contributed by atoms with E-state index >= 15 is 0 Å². The van der Waals surface area contributed by atoms with Crippen molar-refractivity contribution in [2.75, 3.05) is 24.9 Å². The highest BCUT2D eigenvalue weighted by Crippen LogP contribution is 2.36. The molecule has 2 aromatic rings. The molecule has 1 fully saturated rings. The molecule has 1 saturated heterocycles. The first kappa shape index (κ1) is 26.1. The Morgan fingerprint density at radius 1 is 1.27 bits per heavy atom. The summed E-state index contributed by atoms with van der Waals surface area (Å²) >= 11 is 0. The van der Waals surface area contributed by atoms with Crippen LogP contribution in [-0.4, -0.2) is 70.3 Å². The maximum atomic E-state index is 13.5. The maximum absolute atomic E-state index is 13.5. The number of phenols is 1. The number of hydrogen-bond donors (Lipinski definition) is 2. The number of methoxy groups -OCH3 is 1. The van der Waals surface area contributed by atoms with Crippen LogP contribution >= 0.6 is 0 Å². The lowest BCUT2D eigenvalue weighted by molar-refractivity contribution is 0.0219. The molecule has 1 aromatic carbocycles. The predicted octanol–water partition coefficient (Wildman–Crippen LogP) is 3.39. The number of aromatic nitrogens is 3. The van der Waals surface area contributed by atoms with Crippen molar-refractivity contribution >= 4 is 27.6 Å². The number of carbonyl (C=O) groups excluding carboxylic acids is 1. The van der Waals surface area contributed by atoms with Gasteiger partial charge in [-0.2, -0.15) is 0 Å². The molecule has 37 heavy (non-hydrogen) atoms. The van der Waals surface area contributed by atoms with Gasteiger partial charge in [-0.3, -0.25) is 9.29 Å². The van der Waals surface area contributed by atoms with Gasteiger partial charge in [0, 0.05) is 13.1 Å². The molecular weight excluding hydrogens is 498 g/mol. The average molecular weight is 528 g/mol. The summed E-state index contributed by atoms with van der Waals surface area (Å²) in [5.41, 5.74) is 5.68. The summed E-state index contributed by atoms with van der Waals surface area (Å²) in [6.07, 6.45) is 5.37. The number of sulfonamides is 1. The highest BCUT2D eigenvalue weighted by atomic mass is 32.2. The third-order valence-electron chi connectivity index (χ3n) is 5.68. The monoisotopic (exact) mass is 527 g/mol. The number of likely N-dealkylation sites (tertiary alicyclic amines) is 1. The summed E-state index contributed by atoms with van der Waals surface area (Å²) in [6, 6.07) is 4.67. The molecule has 196 valence electrons. The second-order valence-corrected chi connectivity index (χ2v) is 11.5. The summed E-state index contributed by atoms with van der Waals surface area (Å²) < 4.78 is 41.7. The maximum Gasteiger partial charge on any atom is 0.410 e. The van der Waals surface area contributed by atoms with Crippen LogP contribution in [0.15, 0.2) is 47.9 Å². The highest BCUT2D eigenvalue weighted by molar-refractivity contribution is 7.93. The Morgan fingerprint density at radius 3 is 2.73 bits per heavy atom. The zero-order chi connectivity index (χ0) is 26.8. The number of benzene rings is 1. The molecule has 1 aliphatic heterocycles. The van der Waals surface area contributed by atoms with Gasteiger partial charge in [0.15, 0.2) is 5.82 Å². The molecule has 2 aliphatic rings. The molecule has 1 aliphatic carbocycles. The fourth-order valence-corrected chi connectivity index (χ4v) is 5.42. The number of amides is 1. The van der Waals surface area contributed by atoms with Crippen molar-refractivity contribution in [3.8, 4) is 17.2 Å². The Labute approximate surface area is 215 Å². The number of anilines is 1. The lowest BCUT2D eigenvalue weighted by Gasteiger charge is -2.33. The van der Waals surface area contributed by atoms with Gasteiger partial charge in [-0.1, -0.05) is 23.6 Å². The van der Waals surface area contributed by atoms with E-state index in [-0.39, 0.29) is 35.5 Å². The fourth-order valence-electron chi connectivity index (χ4n) is 4.02. The summed E-state index contributed by atoms with van der Waals surface area (Å²) in [5, 5.41) is 18.1. The first-order chi connectivity index (χ1) is 17.5. The number of aromatic hydroxyl groups is 1. The molecule has 0 spiro atoms. The van der Waals surface area contributed by atoms with Gasteiger partial charge in [0.05, 0.1) is 17.9 Å². The van der Waals surface area contributed by atoms with Gasteiger partial charge < -0.3 is 19.5 Å².